The quantitative estimate of drug-likeness (QED) is 0.845. The van der Waals surface area contributed by atoms with Crippen molar-refractivity contribution in [1.29, 1.82) is 0 Å². The molecule has 1 N–H and O–H groups in total. The van der Waals surface area contributed by atoms with Crippen LogP contribution in [0.15, 0.2) is 18.2 Å². The molecule has 0 unspecified atom stereocenters. The number of carbonyl (C=O) groups is 1. The van der Waals surface area contributed by atoms with E-state index in [2.05, 4.69) is 16.7 Å². The number of amides is 1. The standard InChI is InChI=1S/C11H14AsCl2NO/c1-12(2)5-6-15-11(16)8-3-4-9(13)10(14)7-8/h3-4,7H,5-6H2,1-2H3,(H,15,16). The summed E-state index contributed by atoms with van der Waals surface area (Å²) in [7, 11) is 0. The molecule has 0 heterocycles. The fourth-order valence-electron chi connectivity index (χ4n) is 1.13. The van der Waals surface area contributed by atoms with Crippen LogP contribution in [0.1, 0.15) is 10.4 Å². The van der Waals surface area contributed by atoms with Crippen LogP contribution in [0.4, 0.5) is 0 Å². The minimum absolute atomic E-state index is 0.0885. The molecule has 88 valence electrons. The Bertz CT molecular complexity index is 382. The Morgan fingerprint density at radius 2 is 2.00 bits per heavy atom. The van der Waals surface area contributed by atoms with Gasteiger partial charge in [0.1, 0.15) is 0 Å². The van der Waals surface area contributed by atoms with Crippen LogP contribution in [0, 0.1) is 0 Å². The summed E-state index contributed by atoms with van der Waals surface area (Å²) in [5.41, 5.74) is 5.08. The molecule has 2 nitrogen and oxygen atoms in total. The predicted octanol–water partition coefficient (Wildman–Crippen LogP) is 3.48. The van der Waals surface area contributed by atoms with Gasteiger partial charge in [0.25, 0.3) is 0 Å². The fourth-order valence-corrected chi connectivity index (χ4v) is 2.60. The predicted molar refractivity (Wildman–Crippen MR) is 71.1 cm³/mol. The summed E-state index contributed by atoms with van der Waals surface area (Å²) in [4.78, 5) is 11.7. The molecular weight excluding hydrogens is 308 g/mol. The van der Waals surface area contributed by atoms with Gasteiger partial charge in [-0.2, -0.15) is 0 Å². The molecule has 1 amide bonds. The van der Waals surface area contributed by atoms with Crippen LogP contribution in [0.25, 0.3) is 0 Å². The monoisotopic (exact) mass is 321 g/mol. The van der Waals surface area contributed by atoms with Crippen LogP contribution in [0.3, 0.4) is 0 Å². The van der Waals surface area contributed by atoms with Gasteiger partial charge in [-0.25, -0.2) is 0 Å². The maximum atomic E-state index is 11.7. The molecule has 5 heteroatoms. The molecule has 0 aliphatic carbocycles. The van der Waals surface area contributed by atoms with Gasteiger partial charge in [0, 0.05) is 0 Å². The van der Waals surface area contributed by atoms with Crippen LogP contribution >= 0.6 is 23.2 Å². The van der Waals surface area contributed by atoms with Crippen molar-refractivity contribution in [2.24, 2.45) is 0 Å². The summed E-state index contributed by atoms with van der Waals surface area (Å²) in [6.07, 6.45) is 0. The van der Waals surface area contributed by atoms with Gasteiger partial charge in [-0.05, 0) is 0 Å². The summed E-state index contributed by atoms with van der Waals surface area (Å²) < 4.78 is 0. The zero-order valence-electron chi connectivity index (χ0n) is 9.26. The Labute approximate surface area is 111 Å². The second-order valence-corrected chi connectivity index (χ2v) is 9.97. The zero-order valence-corrected chi connectivity index (χ0v) is 12.6. The van der Waals surface area contributed by atoms with Gasteiger partial charge in [-0.3, -0.25) is 0 Å². The van der Waals surface area contributed by atoms with Crippen molar-refractivity contribution in [3.63, 3.8) is 0 Å². The molecule has 0 atom stereocenters. The molecule has 0 radical (unpaired) electrons. The number of hydrogen-bond acceptors (Lipinski definition) is 1. The van der Waals surface area contributed by atoms with Crippen LogP contribution in [-0.2, 0) is 0 Å². The van der Waals surface area contributed by atoms with E-state index in [1.54, 1.807) is 18.2 Å². The molecule has 0 aliphatic heterocycles. The van der Waals surface area contributed by atoms with Gasteiger partial charge in [0.15, 0.2) is 0 Å². The van der Waals surface area contributed by atoms with Gasteiger partial charge >= 0.3 is 111 Å². The third-order valence-electron chi connectivity index (χ3n) is 2.03. The van der Waals surface area contributed by atoms with Gasteiger partial charge in [0.2, 0.25) is 0 Å². The molecule has 1 rings (SSSR count). The van der Waals surface area contributed by atoms with Gasteiger partial charge < -0.3 is 0 Å². The van der Waals surface area contributed by atoms with Crippen molar-refractivity contribution < 1.29 is 4.79 Å². The Kier molecular flexibility index (Phi) is 5.67. The molecule has 16 heavy (non-hydrogen) atoms. The van der Waals surface area contributed by atoms with Crippen molar-refractivity contribution in [3.05, 3.63) is 33.8 Å². The van der Waals surface area contributed by atoms with E-state index < -0.39 is 14.7 Å². The zero-order chi connectivity index (χ0) is 12.1. The van der Waals surface area contributed by atoms with E-state index in [-0.39, 0.29) is 5.91 Å². The van der Waals surface area contributed by atoms with Crippen molar-refractivity contribution in [3.8, 4) is 0 Å². The van der Waals surface area contributed by atoms with Crippen LogP contribution < -0.4 is 5.32 Å². The average molecular weight is 322 g/mol. The van der Waals surface area contributed by atoms with Crippen molar-refractivity contribution in [2.75, 3.05) is 6.54 Å². The third kappa shape index (κ3) is 4.37. The third-order valence-corrected chi connectivity index (χ3v) is 5.11. The SMILES string of the molecule is C[As](C)CCNC(=O)c1ccc(Cl)c(Cl)c1. The van der Waals surface area contributed by atoms with Crippen molar-refractivity contribution in [1.82, 2.24) is 5.32 Å². The van der Waals surface area contributed by atoms with E-state index in [9.17, 15) is 4.79 Å². The second-order valence-electron chi connectivity index (χ2n) is 3.69. The number of benzene rings is 1. The number of halogens is 2. The first-order chi connectivity index (χ1) is 7.50. The van der Waals surface area contributed by atoms with E-state index in [1.165, 1.54) is 0 Å². The second kappa shape index (κ2) is 6.54. The normalized spacial score (nSPS) is 10.6. The molecule has 1 aromatic rings. The molecule has 0 aromatic heterocycles. The molecule has 0 aliphatic rings. The first kappa shape index (κ1) is 13.9. The van der Waals surface area contributed by atoms with Gasteiger partial charge in [-0.15, -0.1) is 0 Å². The average Bonchev–Trinajstić information content (AvgIpc) is 2.21. The molecule has 0 bridgehead atoms. The summed E-state index contributed by atoms with van der Waals surface area (Å²) in [5, 5.41) is 4.86. The molecule has 0 fully saturated rings. The van der Waals surface area contributed by atoms with E-state index >= 15 is 0 Å². The Hall–Kier alpha value is -0.172. The summed E-state index contributed by atoms with van der Waals surface area (Å²) in [6.45, 7) is 0.742. The first-order valence-corrected chi connectivity index (χ1v) is 10.7. The summed E-state index contributed by atoms with van der Waals surface area (Å²) in [6, 6.07) is 4.90. The van der Waals surface area contributed by atoms with Crippen molar-refractivity contribution in [2.45, 2.75) is 16.6 Å². The van der Waals surface area contributed by atoms with Crippen LogP contribution in [0.2, 0.25) is 26.7 Å². The van der Waals surface area contributed by atoms with Gasteiger partial charge in [-0.1, -0.05) is 0 Å². The molecule has 0 spiro atoms. The molecular formula is C11H14AsCl2NO. The Morgan fingerprint density at radius 3 is 2.56 bits per heavy atom. The summed E-state index contributed by atoms with van der Waals surface area (Å²) in [5.74, 6) is -0.0885. The Balaban J connectivity index is 2.56. The van der Waals surface area contributed by atoms with Crippen LogP contribution in [-0.4, -0.2) is 27.1 Å². The topological polar surface area (TPSA) is 29.1 Å². The number of hydrogen-bond donors (Lipinski definition) is 1. The van der Waals surface area contributed by atoms with E-state index in [1.807, 2.05) is 0 Å². The number of rotatable bonds is 4. The minimum atomic E-state index is -0.662. The fraction of sp³-hybridized carbons (Fsp3) is 0.364. The molecule has 0 saturated heterocycles. The maximum absolute atomic E-state index is 11.7. The van der Waals surface area contributed by atoms with E-state index in [0.717, 1.165) is 11.8 Å². The first-order valence-electron chi connectivity index (χ1n) is 4.88. The van der Waals surface area contributed by atoms with Gasteiger partial charge in [0.05, 0.1) is 0 Å². The summed E-state index contributed by atoms with van der Waals surface area (Å²) >= 11 is 10.9. The molecule has 0 saturated carbocycles. The van der Waals surface area contributed by atoms with E-state index in [4.69, 9.17) is 23.2 Å². The van der Waals surface area contributed by atoms with Crippen LogP contribution in [0.5, 0.6) is 0 Å². The number of nitrogens with one attached hydrogen (secondary N) is 1. The number of carbonyl (C=O) groups excluding carboxylic acids is 1. The molecule has 1 aromatic carbocycles. The Morgan fingerprint density at radius 1 is 1.31 bits per heavy atom. The van der Waals surface area contributed by atoms with E-state index in [0.29, 0.717) is 15.6 Å². The van der Waals surface area contributed by atoms with Crippen molar-refractivity contribution >= 4 is 43.8 Å².